The molecule has 4 fully saturated rings. The van der Waals surface area contributed by atoms with Crippen molar-refractivity contribution in [1.82, 2.24) is 19.6 Å². The Balaban J connectivity index is 1.23. The van der Waals surface area contributed by atoms with Crippen molar-refractivity contribution >= 4 is 11.8 Å². The molecule has 0 N–H and O–H groups in total. The molecule has 1 aromatic rings. The van der Waals surface area contributed by atoms with Gasteiger partial charge in [-0.25, -0.2) is 0 Å². The predicted molar refractivity (Wildman–Crippen MR) is 112 cm³/mol. The van der Waals surface area contributed by atoms with Crippen molar-refractivity contribution in [3.8, 4) is 0 Å². The summed E-state index contributed by atoms with van der Waals surface area (Å²) >= 11 is 0. The molecule has 1 unspecified atom stereocenters. The van der Waals surface area contributed by atoms with Crippen LogP contribution in [-0.4, -0.2) is 68.8 Å². The summed E-state index contributed by atoms with van der Waals surface area (Å²) in [4.78, 5) is 30.0. The van der Waals surface area contributed by atoms with Crippen LogP contribution in [0.1, 0.15) is 75.2 Å². The molecule has 3 heterocycles. The van der Waals surface area contributed by atoms with Crippen molar-refractivity contribution in [3.05, 3.63) is 18.0 Å². The van der Waals surface area contributed by atoms with Crippen LogP contribution < -0.4 is 0 Å². The van der Waals surface area contributed by atoms with E-state index < -0.39 is 0 Å². The lowest BCUT2D eigenvalue weighted by Crippen LogP contribution is -2.78. The van der Waals surface area contributed by atoms with Crippen LogP contribution in [0.25, 0.3) is 0 Å². The van der Waals surface area contributed by atoms with E-state index in [1.165, 1.54) is 32.1 Å². The lowest BCUT2D eigenvalue weighted by Gasteiger charge is -2.62. The van der Waals surface area contributed by atoms with Crippen molar-refractivity contribution < 1.29 is 14.3 Å². The van der Waals surface area contributed by atoms with Crippen molar-refractivity contribution in [2.24, 2.45) is 5.92 Å². The quantitative estimate of drug-likeness (QED) is 0.672. The Morgan fingerprint density at radius 3 is 2.53 bits per heavy atom. The number of aryl methyl sites for hydroxylation is 1. The predicted octanol–water partition coefficient (Wildman–Crippen LogP) is 2.85. The van der Waals surface area contributed by atoms with Gasteiger partial charge in [0.15, 0.2) is 6.10 Å². The lowest BCUT2D eigenvalue weighted by atomic mass is 9.68. The number of aromatic nitrogens is 2. The highest BCUT2D eigenvalue weighted by Crippen LogP contribution is 2.48. The summed E-state index contributed by atoms with van der Waals surface area (Å²) in [5.41, 5.74) is 0.439. The van der Waals surface area contributed by atoms with Crippen LogP contribution in [0, 0.1) is 5.92 Å². The highest BCUT2D eigenvalue weighted by molar-refractivity contribution is 5.92. The maximum atomic E-state index is 13.1. The standard InChI is InChI=1S/C23H34N4O3/c1-2-26-15-10-19(24-26)21(28)25-13-8-18(9-14-25)27-22(29)20(30-16-17-6-7-17)23(27)11-4-3-5-12-23/h10,15,17-18,20H,2-9,11-14,16H2,1H3. The zero-order chi connectivity index (χ0) is 20.7. The van der Waals surface area contributed by atoms with Crippen LogP contribution in [0.5, 0.6) is 0 Å². The van der Waals surface area contributed by atoms with E-state index in [0.717, 1.165) is 38.8 Å². The molecule has 30 heavy (non-hydrogen) atoms. The molecule has 0 bridgehead atoms. The summed E-state index contributed by atoms with van der Waals surface area (Å²) in [6, 6.07) is 2.03. The molecule has 0 aromatic carbocycles. The number of likely N-dealkylation sites (tertiary alicyclic amines) is 2. The van der Waals surface area contributed by atoms with E-state index in [2.05, 4.69) is 10.00 Å². The first-order valence-corrected chi connectivity index (χ1v) is 11.9. The zero-order valence-electron chi connectivity index (χ0n) is 18.1. The van der Waals surface area contributed by atoms with Crippen molar-refractivity contribution in [3.63, 3.8) is 0 Å². The monoisotopic (exact) mass is 414 g/mol. The van der Waals surface area contributed by atoms with Gasteiger partial charge in [-0.1, -0.05) is 19.3 Å². The normalized spacial score (nSPS) is 26.8. The number of β-lactam (4-membered cyclic amide) rings is 1. The van der Waals surface area contributed by atoms with E-state index in [4.69, 9.17) is 4.74 Å². The second-order valence-electron chi connectivity index (χ2n) is 9.61. The summed E-state index contributed by atoms with van der Waals surface area (Å²) < 4.78 is 7.98. The first kappa shape index (κ1) is 20.0. The Labute approximate surface area is 178 Å². The van der Waals surface area contributed by atoms with E-state index in [9.17, 15) is 9.59 Å². The topological polar surface area (TPSA) is 67.7 Å². The van der Waals surface area contributed by atoms with E-state index >= 15 is 0 Å². The molecule has 2 aliphatic heterocycles. The van der Waals surface area contributed by atoms with Crippen molar-refractivity contribution in [2.75, 3.05) is 19.7 Å². The lowest BCUT2D eigenvalue weighted by molar-refractivity contribution is -0.211. The van der Waals surface area contributed by atoms with Gasteiger partial charge in [0.25, 0.3) is 11.8 Å². The minimum atomic E-state index is -0.226. The van der Waals surface area contributed by atoms with E-state index in [-0.39, 0.29) is 29.5 Å². The van der Waals surface area contributed by atoms with Gasteiger partial charge >= 0.3 is 0 Å². The zero-order valence-corrected chi connectivity index (χ0v) is 18.1. The molecule has 4 aliphatic rings. The van der Waals surface area contributed by atoms with Gasteiger partial charge in [-0.15, -0.1) is 0 Å². The van der Waals surface area contributed by atoms with Crippen LogP contribution in [0.2, 0.25) is 0 Å². The van der Waals surface area contributed by atoms with Gasteiger partial charge in [0, 0.05) is 31.9 Å². The van der Waals surface area contributed by atoms with Crippen LogP contribution in [0.3, 0.4) is 0 Å². The largest absolute Gasteiger partial charge is 0.366 e. The Hall–Kier alpha value is -1.89. The molecule has 164 valence electrons. The van der Waals surface area contributed by atoms with Gasteiger partial charge in [0.2, 0.25) is 0 Å². The molecule has 1 atom stereocenters. The number of ether oxygens (including phenoxy) is 1. The Kier molecular flexibility index (Phi) is 5.33. The Morgan fingerprint density at radius 1 is 1.17 bits per heavy atom. The fourth-order valence-corrected chi connectivity index (χ4v) is 5.73. The van der Waals surface area contributed by atoms with E-state index in [1.54, 1.807) is 10.7 Å². The molecule has 2 saturated carbocycles. The number of carbonyl (C=O) groups is 2. The maximum absolute atomic E-state index is 13.1. The minimum absolute atomic E-state index is 0.00797. The first-order chi connectivity index (χ1) is 14.6. The number of piperidine rings is 1. The molecule has 7 heteroatoms. The number of hydrogen-bond donors (Lipinski definition) is 0. The average Bonchev–Trinajstić information content (AvgIpc) is 3.48. The second-order valence-corrected chi connectivity index (χ2v) is 9.61. The Morgan fingerprint density at radius 2 is 1.90 bits per heavy atom. The number of rotatable bonds is 6. The summed E-state index contributed by atoms with van der Waals surface area (Å²) in [6.07, 6.45) is 11.6. The summed E-state index contributed by atoms with van der Waals surface area (Å²) in [6.45, 7) is 4.91. The molecular weight excluding hydrogens is 380 g/mol. The fraction of sp³-hybridized carbons (Fsp3) is 0.783. The highest BCUT2D eigenvalue weighted by Gasteiger charge is 2.62. The molecule has 2 amide bonds. The van der Waals surface area contributed by atoms with Crippen molar-refractivity contribution in [2.45, 2.75) is 88.9 Å². The smallest absolute Gasteiger partial charge is 0.274 e. The van der Waals surface area contributed by atoms with Crippen LogP contribution in [-0.2, 0) is 16.1 Å². The summed E-state index contributed by atoms with van der Waals surface area (Å²) in [5.74, 6) is 0.885. The van der Waals surface area contributed by atoms with Crippen molar-refractivity contribution in [1.29, 1.82) is 0 Å². The van der Waals surface area contributed by atoms with E-state index in [0.29, 0.717) is 24.7 Å². The van der Waals surface area contributed by atoms with Crippen LogP contribution in [0.4, 0.5) is 0 Å². The van der Waals surface area contributed by atoms with E-state index in [1.807, 2.05) is 18.0 Å². The molecular formula is C23H34N4O3. The number of nitrogens with zero attached hydrogens (tertiary/aromatic N) is 4. The molecule has 5 rings (SSSR count). The van der Waals surface area contributed by atoms with Crippen LogP contribution in [0.15, 0.2) is 12.3 Å². The van der Waals surface area contributed by atoms with Gasteiger partial charge in [0.1, 0.15) is 5.69 Å². The molecule has 2 saturated heterocycles. The average molecular weight is 415 g/mol. The Bertz CT molecular complexity index is 788. The third-order valence-corrected chi connectivity index (χ3v) is 7.65. The third kappa shape index (κ3) is 3.45. The van der Waals surface area contributed by atoms with Gasteiger partial charge in [-0.2, -0.15) is 5.10 Å². The van der Waals surface area contributed by atoms with Gasteiger partial charge in [-0.3, -0.25) is 14.3 Å². The highest BCUT2D eigenvalue weighted by atomic mass is 16.5. The summed E-state index contributed by atoms with van der Waals surface area (Å²) in [5, 5.41) is 4.36. The molecule has 1 spiro atoms. The van der Waals surface area contributed by atoms with Crippen LogP contribution >= 0.6 is 0 Å². The molecule has 0 radical (unpaired) electrons. The maximum Gasteiger partial charge on any atom is 0.274 e. The molecule has 1 aromatic heterocycles. The number of carbonyl (C=O) groups excluding carboxylic acids is 2. The van der Waals surface area contributed by atoms with Gasteiger partial charge in [0.05, 0.1) is 12.1 Å². The van der Waals surface area contributed by atoms with Gasteiger partial charge in [-0.05, 0) is 57.4 Å². The van der Waals surface area contributed by atoms with Gasteiger partial charge < -0.3 is 14.5 Å². The third-order valence-electron chi connectivity index (χ3n) is 7.65. The fourth-order valence-electron chi connectivity index (χ4n) is 5.73. The minimum Gasteiger partial charge on any atom is -0.366 e. The first-order valence-electron chi connectivity index (χ1n) is 11.9. The molecule has 2 aliphatic carbocycles. The molecule has 7 nitrogen and oxygen atoms in total. The number of hydrogen-bond acceptors (Lipinski definition) is 4. The summed E-state index contributed by atoms with van der Waals surface area (Å²) in [7, 11) is 0. The SMILES string of the molecule is CCn1ccc(C(=O)N2CCC(N3C(=O)C(OCC4CC4)C34CCCCC4)CC2)n1. The second kappa shape index (κ2) is 7.98. The number of amides is 2.